The number of ketones is 1. The van der Waals surface area contributed by atoms with Gasteiger partial charge in [-0.15, -0.1) is 0 Å². The Hall–Kier alpha value is -0.370. The number of hydrogen-bond acceptors (Lipinski definition) is 2. The van der Waals surface area contributed by atoms with Crippen molar-refractivity contribution in [2.24, 2.45) is 5.92 Å². The minimum Gasteiger partial charge on any atom is -0.298 e. The molecule has 0 aromatic heterocycles. The van der Waals surface area contributed by atoms with Gasteiger partial charge in [0.05, 0.1) is 5.54 Å². The Kier molecular flexibility index (Phi) is 3.91. The molecule has 12 heavy (non-hydrogen) atoms. The van der Waals surface area contributed by atoms with Crippen LogP contribution in [-0.4, -0.2) is 30.3 Å². The monoisotopic (exact) mass is 171 g/mol. The molecule has 0 aromatic rings. The third kappa shape index (κ3) is 2.31. The van der Waals surface area contributed by atoms with Crippen LogP contribution in [0, 0.1) is 5.92 Å². The summed E-state index contributed by atoms with van der Waals surface area (Å²) >= 11 is 0. The number of hydrogen-bond donors (Lipinski definition) is 0. The Morgan fingerprint density at radius 2 is 1.83 bits per heavy atom. The van der Waals surface area contributed by atoms with E-state index in [0.29, 0.717) is 5.78 Å². The van der Waals surface area contributed by atoms with Crippen molar-refractivity contribution in [3.05, 3.63) is 0 Å². The highest BCUT2D eigenvalue weighted by molar-refractivity contribution is 5.89. The van der Waals surface area contributed by atoms with Gasteiger partial charge in [-0.1, -0.05) is 13.8 Å². The van der Waals surface area contributed by atoms with Gasteiger partial charge in [0.15, 0.2) is 5.78 Å². The lowest BCUT2D eigenvalue weighted by atomic mass is 9.87. The van der Waals surface area contributed by atoms with E-state index < -0.39 is 0 Å². The summed E-state index contributed by atoms with van der Waals surface area (Å²) in [6.07, 6.45) is 0.927. The Balaban J connectivity index is 4.46. The van der Waals surface area contributed by atoms with Crippen molar-refractivity contribution in [2.75, 3.05) is 14.1 Å². The van der Waals surface area contributed by atoms with Crippen LogP contribution in [0.5, 0.6) is 0 Å². The SMILES string of the molecule is CCC(C)C(=O)C(C)(C)N(C)C. The van der Waals surface area contributed by atoms with E-state index in [4.69, 9.17) is 0 Å². The highest BCUT2D eigenvalue weighted by Gasteiger charge is 2.32. The van der Waals surface area contributed by atoms with E-state index in [0.717, 1.165) is 6.42 Å². The minimum absolute atomic E-state index is 0.169. The van der Waals surface area contributed by atoms with Gasteiger partial charge in [0, 0.05) is 5.92 Å². The predicted octanol–water partition coefficient (Wildman–Crippen LogP) is 1.94. The van der Waals surface area contributed by atoms with Crippen LogP contribution in [0.3, 0.4) is 0 Å². The average molecular weight is 171 g/mol. The quantitative estimate of drug-likeness (QED) is 0.644. The van der Waals surface area contributed by atoms with Crippen LogP contribution in [-0.2, 0) is 4.79 Å². The first-order chi connectivity index (χ1) is 5.34. The number of nitrogens with zero attached hydrogens (tertiary/aromatic N) is 1. The molecule has 0 saturated heterocycles. The van der Waals surface area contributed by atoms with E-state index in [1.165, 1.54) is 0 Å². The molecular formula is C10H21NO. The van der Waals surface area contributed by atoms with Gasteiger partial charge in [-0.05, 0) is 34.4 Å². The molecule has 2 heteroatoms. The molecule has 2 nitrogen and oxygen atoms in total. The molecule has 0 fully saturated rings. The number of rotatable bonds is 4. The molecular weight excluding hydrogens is 150 g/mol. The van der Waals surface area contributed by atoms with Gasteiger partial charge in [0.1, 0.15) is 0 Å². The fourth-order valence-electron chi connectivity index (χ4n) is 1.01. The Morgan fingerprint density at radius 3 is 2.08 bits per heavy atom. The fourth-order valence-corrected chi connectivity index (χ4v) is 1.01. The summed E-state index contributed by atoms with van der Waals surface area (Å²) < 4.78 is 0. The molecule has 0 saturated carbocycles. The number of likely N-dealkylation sites (N-methyl/N-ethyl adjacent to an activating group) is 1. The van der Waals surface area contributed by atoms with Gasteiger partial charge >= 0.3 is 0 Å². The van der Waals surface area contributed by atoms with E-state index in [2.05, 4.69) is 0 Å². The van der Waals surface area contributed by atoms with Crippen LogP contribution in [0.15, 0.2) is 0 Å². The Labute approximate surface area is 75.9 Å². The molecule has 1 atom stereocenters. The van der Waals surface area contributed by atoms with Crippen LogP contribution in [0.25, 0.3) is 0 Å². The highest BCUT2D eigenvalue weighted by Crippen LogP contribution is 2.18. The molecule has 0 heterocycles. The second kappa shape index (κ2) is 4.04. The van der Waals surface area contributed by atoms with E-state index in [9.17, 15) is 4.79 Å². The van der Waals surface area contributed by atoms with Crippen molar-refractivity contribution in [3.8, 4) is 0 Å². The standard InChI is InChI=1S/C10H21NO/c1-7-8(2)9(12)10(3,4)11(5)6/h8H,7H2,1-6H3. The molecule has 0 rings (SSSR count). The Morgan fingerprint density at radius 1 is 1.42 bits per heavy atom. The topological polar surface area (TPSA) is 20.3 Å². The van der Waals surface area contributed by atoms with E-state index in [1.54, 1.807) is 0 Å². The molecule has 0 aromatic carbocycles. The summed E-state index contributed by atoms with van der Waals surface area (Å²) in [7, 11) is 3.89. The lowest BCUT2D eigenvalue weighted by molar-refractivity contribution is -0.131. The fraction of sp³-hybridized carbons (Fsp3) is 0.900. The molecule has 0 amide bonds. The van der Waals surface area contributed by atoms with Gasteiger partial charge < -0.3 is 0 Å². The zero-order valence-electron chi connectivity index (χ0n) is 9.14. The van der Waals surface area contributed by atoms with Crippen LogP contribution < -0.4 is 0 Å². The highest BCUT2D eigenvalue weighted by atomic mass is 16.1. The number of Topliss-reactive ketones (excluding diaryl/α,β-unsaturated/α-hetero) is 1. The van der Waals surface area contributed by atoms with Crippen molar-refractivity contribution < 1.29 is 4.79 Å². The zero-order chi connectivity index (χ0) is 9.94. The minimum atomic E-state index is -0.324. The number of carbonyl (C=O) groups excluding carboxylic acids is 1. The summed E-state index contributed by atoms with van der Waals surface area (Å²) in [4.78, 5) is 13.8. The van der Waals surface area contributed by atoms with Crippen LogP contribution in [0.1, 0.15) is 34.1 Å². The van der Waals surface area contributed by atoms with Crippen molar-refractivity contribution in [3.63, 3.8) is 0 Å². The van der Waals surface area contributed by atoms with E-state index in [-0.39, 0.29) is 11.5 Å². The summed E-state index contributed by atoms with van der Waals surface area (Å²) in [5.41, 5.74) is -0.324. The van der Waals surface area contributed by atoms with E-state index in [1.807, 2.05) is 46.7 Å². The van der Waals surface area contributed by atoms with E-state index >= 15 is 0 Å². The molecule has 0 bridgehead atoms. The molecule has 72 valence electrons. The third-order valence-corrected chi connectivity index (χ3v) is 2.78. The van der Waals surface area contributed by atoms with Crippen molar-refractivity contribution in [2.45, 2.75) is 39.7 Å². The third-order valence-electron chi connectivity index (χ3n) is 2.78. The van der Waals surface area contributed by atoms with Crippen molar-refractivity contribution >= 4 is 5.78 Å². The molecule has 0 aliphatic carbocycles. The molecule has 1 unspecified atom stereocenters. The summed E-state index contributed by atoms with van der Waals surface area (Å²) in [6, 6.07) is 0. The lowest BCUT2D eigenvalue weighted by Crippen LogP contribution is -2.48. The smallest absolute Gasteiger partial charge is 0.155 e. The van der Waals surface area contributed by atoms with Crippen LogP contribution in [0.2, 0.25) is 0 Å². The van der Waals surface area contributed by atoms with Gasteiger partial charge in [-0.25, -0.2) is 0 Å². The second-order valence-electron chi connectivity index (χ2n) is 4.13. The van der Waals surface area contributed by atoms with Crippen LogP contribution in [0.4, 0.5) is 0 Å². The average Bonchev–Trinajstić information content (AvgIpc) is 2.01. The van der Waals surface area contributed by atoms with Crippen molar-refractivity contribution in [1.29, 1.82) is 0 Å². The zero-order valence-corrected chi connectivity index (χ0v) is 9.14. The first-order valence-corrected chi connectivity index (χ1v) is 4.55. The maximum atomic E-state index is 11.8. The summed E-state index contributed by atoms with van der Waals surface area (Å²) in [5.74, 6) is 0.498. The maximum Gasteiger partial charge on any atom is 0.155 e. The molecule has 0 spiro atoms. The largest absolute Gasteiger partial charge is 0.298 e. The van der Waals surface area contributed by atoms with Crippen molar-refractivity contribution in [1.82, 2.24) is 4.90 Å². The predicted molar refractivity (Wildman–Crippen MR) is 52.2 cm³/mol. The van der Waals surface area contributed by atoms with Crippen LogP contribution >= 0.6 is 0 Å². The first kappa shape index (κ1) is 11.6. The van der Waals surface area contributed by atoms with Gasteiger partial charge in [-0.2, -0.15) is 0 Å². The maximum absolute atomic E-state index is 11.8. The Bertz CT molecular complexity index is 161. The molecule has 0 aliphatic heterocycles. The second-order valence-corrected chi connectivity index (χ2v) is 4.13. The molecule has 0 N–H and O–H groups in total. The normalized spacial score (nSPS) is 14.9. The first-order valence-electron chi connectivity index (χ1n) is 4.55. The summed E-state index contributed by atoms with van der Waals surface area (Å²) in [6.45, 7) is 7.99. The molecule has 0 radical (unpaired) electrons. The lowest BCUT2D eigenvalue weighted by Gasteiger charge is -2.33. The molecule has 0 aliphatic rings. The summed E-state index contributed by atoms with van der Waals surface area (Å²) in [5, 5.41) is 0. The van der Waals surface area contributed by atoms with Gasteiger partial charge in [0.2, 0.25) is 0 Å². The van der Waals surface area contributed by atoms with Gasteiger partial charge in [0.25, 0.3) is 0 Å². The van der Waals surface area contributed by atoms with Gasteiger partial charge in [-0.3, -0.25) is 9.69 Å². The number of carbonyl (C=O) groups is 1.